The van der Waals surface area contributed by atoms with E-state index in [-0.39, 0.29) is 30.8 Å². The molecule has 0 N–H and O–H groups in total. The lowest BCUT2D eigenvalue weighted by molar-refractivity contribution is -0.152. The van der Waals surface area contributed by atoms with E-state index in [4.69, 9.17) is 14.2 Å². The van der Waals surface area contributed by atoms with Crippen molar-refractivity contribution in [1.82, 2.24) is 0 Å². The molecule has 0 unspecified atom stereocenters. The first-order chi connectivity index (χ1) is 8.00. The number of carbonyl (C=O) groups is 2. The van der Waals surface area contributed by atoms with Crippen LogP contribution in [-0.4, -0.2) is 37.4 Å². The number of ether oxygens (including phenoxy) is 3. The molecule has 5 nitrogen and oxygen atoms in total. The summed E-state index contributed by atoms with van der Waals surface area (Å²) >= 11 is 0. The first-order valence-electron chi connectivity index (χ1n) is 5.97. The number of esters is 2. The molecular weight excluding hydrogens is 224 g/mol. The van der Waals surface area contributed by atoms with Crippen molar-refractivity contribution in [2.24, 2.45) is 10.8 Å². The molecule has 94 valence electrons. The maximum absolute atomic E-state index is 12.0. The third-order valence-corrected chi connectivity index (χ3v) is 4.73. The maximum Gasteiger partial charge on any atom is 0.315 e. The van der Waals surface area contributed by atoms with E-state index in [2.05, 4.69) is 0 Å². The highest BCUT2D eigenvalue weighted by Crippen LogP contribution is 2.63. The summed E-state index contributed by atoms with van der Waals surface area (Å²) in [7, 11) is 0. The summed E-state index contributed by atoms with van der Waals surface area (Å²) in [6.07, 6.45) is 1.69. The van der Waals surface area contributed by atoms with Crippen LogP contribution in [0.4, 0.5) is 0 Å². The zero-order chi connectivity index (χ0) is 12.3. The lowest BCUT2D eigenvalue weighted by Gasteiger charge is -2.38. The third kappa shape index (κ3) is 1.13. The Bertz CT molecular complexity index is 392. The highest BCUT2D eigenvalue weighted by Gasteiger charge is 2.75. The van der Waals surface area contributed by atoms with Crippen LogP contribution < -0.4 is 0 Å². The second kappa shape index (κ2) is 3.22. The average Bonchev–Trinajstić information content (AvgIpc) is 2.90. The molecule has 17 heavy (non-hydrogen) atoms. The largest absolute Gasteiger partial charge is 0.465 e. The zero-order valence-electron chi connectivity index (χ0n) is 10.0. The molecule has 0 aromatic carbocycles. The predicted octanol–water partition coefficient (Wildman–Crippen LogP) is 0.660. The molecule has 3 heterocycles. The van der Waals surface area contributed by atoms with Gasteiger partial charge >= 0.3 is 11.9 Å². The van der Waals surface area contributed by atoms with Gasteiger partial charge in [-0.2, -0.15) is 0 Å². The van der Waals surface area contributed by atoms with Gasteiger partial charge in [0.05, 0.1) is 17.6 Å². The average molecular weight is 240 g/mol. The van der Waals surface area contributed by atoms with E-state index < -0.39 is 10.8 Å². The van der Waals surface area contributed by atoms with Crippen molar-refractivity contribution in [3.8, 4) is 0 Å². The van der Waals surface area contributed by atoms with E-state index in [1.54, 1.807) is 0 Å². The Balaban J connectivity index is 1.95. The molecule has 0 radical (unpaired) electrons. The third-order valence-electron chi connectivity index (χ3n) is 4.73. The summed E-state index contributed by atoms with van der Waals surface area (Å²) in [6, 6.07) is 0. The quantitative estimate of drug-likeness (QED) is 0.663. The lowest BCUT2D eigenvalue weighted by atomic mass is 9.59. The molecule has 3 rings (SSSR count). The zero-order valence-corrected chi connectivity index (χ0v) is 10.0. The van der Waals surface area contributed by atoms with Crippen LogP contribution in [0.15, 0.2) is 0 Å². The maximum atomic E-state index is 12.0. The van der Waals surface area contributed by atoms with Gasteiger partial charge in [-0.1, -0.05) is 0 Å². The van der Waals surface area contributed by atoms with E-state index in [0.717, 1.165) is 12.8 Å². The van der Waals surface area contributed by atoms with Crippen molar-refractivity contribution in [2.75, 3.05) is 13.2 Å². The van der Waals surface area contributed by atoms with E-state index in [9.17, 15) is 9.59 Å². The van der Waals surface area contributed by atoms with Crippen molar-refractivity contribution < 1.29 is 23.8 Å². The standard InChI is InChI=1S/C12H16O5/c1-7(13)15-5-12-6-16-10(14)11(12,2)8-3-4-9(12)17-8/h8-9H,3-6H2,1-2H3/t8-,9-,11+,12-/m0/s1. The highest BCUT2D eigenvalue weighted by atomic mass is 16.6. The number of carbonyl (C=O) groups excluding carboxylic acids is 2. The van der Waals surface area contributed by atoms with Gasteiger partial charge in [0.15, 0.2) is 0 Å². The Morgan fingerprint density at radius 3 is 2.88 bits per heavy atom. The number of hydrogen-bond acceptors (Lipinski definition) is 5. The second-order valence-electron chi connectivity index (χ2n) is 5.41. The molecule has 4 atom stereocenters. The van der Waals surface area contributed by atoms with Gasteiger partial charge in [-0.15, -0.1) is 0 Å². The van der Waals surface area contributed by atoms with E-state index in [1.807, 2.05) is 6.92 Å². The molecule has 2 bridgehead atoms. The molecule has 0 aliphatic carbocycles. The minimum Gasteiger partial charge on any atom is -0.465 e. The monoisotopic (exact) mass is 240 g/mol. The molecule has 3 fully saturated rings. The van der Waals surface area contributed by atoms with E-state index >= 15 is 0 Å². The molecule has 5 heteroatoms. The molecule has 0 aromatic rings. The van der Waals surface area contributed by atoms with Gasteiger partial charge in [0.2, 0.25) is 0 Å². The fourth-order valence-electron chi connectivity index (χ4n) is 3.56. The lowest BCUT2D eigenvalue weighted by Crippen LogP contribution is -2.52. The van der Waals surface area contributed by atoms with Gasteiger partial charge in [0, 0.05) is 6.92 Å². The Labute approximate surface area is 99.4 Å². The van der Waals surface area contributed by atoms with Gasteiger partial charge in [-0.25, -0.2) is 0 Å². The summed E-state index contributed by atoms with van der Waals surface area (Å²) in [5.74, 6) is -0.541. The summed E-state index contributed by atoms with van der Waals surface area (Å²) in [4.78, 5) is 23.0. The van der Waals surface area contributed by atoms with Gasteiger partial charge in [0.25, 0.3) is 0 Å². The molecule has 3 aliphatic rings. The van der Waals surface area contributed by atoms with Crippen molar-refractivity contribution in [1.29, 1.82) is 0 Å². The SMILES string of the molecule is CC(=O)OC[C@@]12COC(=O)[C@@]1(C)[C@@H]1CC[C@@H]2O1. The van der Waals surface area contributed by atoms with Crippen LogP contribution in [-0.2, 0) is 23.8 Å². The van der Waals surface area contributed by atoms with Gasteiger partial charge < -0.3 is 14.2 Å². The fraction of sp³-hybridized carbons (Fsp3) is 0.833. The molecule has 0 saturated carbocycles. The Morgan fingerprint density at radius 1 is 1.47 bits per heavy atom. The van der Waals surface area contributed by atoms with Crippen LogP contribution in [0.25, 0.3) is 0 Å². The summed E-state index contributed by atoms with van der Waals surface area (Å²) < 4.78 is 16.2. The van der Waals surface area contributed by atoms with Gasteiger partial charge in [-0.05, 0) is 19.8 Å². The van der Waals surface area contributed by atoms with Crippen LogP contribution >= 0.6 is 0 Å². The number of cyclic esters (lactones) is 1. The Hall–Kier alpha value is -1.10. The number of rotatable bonds is 2. The van der Waals surface area contributed by atoms with Crippen LogP contribution in [0.3, 0.4) is 0 Å². The van der Waals surface area contributed by atoms with E-state index in [1.165, 1.54) is 6.92 Å². The van der Waals surface area contributed by atoms with Crippen LogP contribution in [0.2, 0.25) is 0 Å². The van der Waals surface area contributed by atoms with Crippen molar-refractivity contribution in [2.45, 2.75) is 38.9 Å². The number of hydrogen-bond donors (Lipinski definition) is 0. The minimum absolute atomic E-state index is 0.0247. The summed E-state index contributed by atoms with van der Waals surface area (Å²) in [5, 5.41) is 0. The molecule has 3 saturated heterocycles. The Morgan fingerprint density at radius 2 is 2.18 bits per heavy atom. The molecule has 0 aromatic heterocycles. The molecule has 3 aliphatic heterocycles. The first kappa shape index (κ1) is 11.0. The van der Waals surface area contributed by atoms with E-state index in [0.29, 0.717) is 6.61 Å². The van der Waals surface area contributed by atoms with Crippen LogP contribution in [0, 0.1) is 10.8 Å². The van der Waals surface area contributed by atoms with Crippen LogP contribution in [0.5, 0.6) is 0 Å². The van der Waals surface area contributed by atoms with Crippen molar-refractivity contribution in [3.05, 3.63) is 0 Å². The number of fused-ring (bicyclic) bond motifs is 5. The molecular formula is C12H16O5. The highest BCUT2D eigenvalue weighted by molar-refractivity contribution is 5.82. The van der Waals surface area contributed by atoms with Gasteiger partial charge in [0.1, 0.15) is 18.6 Å². The normalized spacial score (nSPS) is 46.8. The second-order valence-corrected chi connectivity index (χ2v) is 5.41. The minimum atomic E-state index is -0.647. The summed E-state index contributed by atoms with van der Waals surface area (Å²) in [5.41, 5.74) is -1.12. The van der Waals surface area contributed by atoms with Crippen LogP contribution in [0.1, 0.15) is 26.7 Å². The van der Waals surface area contributed by atoms with Crippen molar-refractivity contribution in [3.63, 3.8) is 0 Å². The fourth-order valence-corrected chi connectivity index (χ4v) is 3.56. The predicted molar refractivity (Wildman–Crippen MR) is 56.0 cm³/mol. The smallest absolute Gasteiger partial charge is 0.315 e. The Kier molecular flexibility index (Phi) is 2.09. The molecule has 0 amide bonds. The van der Waals surface area contributed by atoms with Crippen molar-refractivity contribution >= 4 is 11.9 Å². The molecule has 0 spiro atoms. The first-order valence-corrected chi connectivity index (χ1v) is 5.97. The summed E-state index contributed by atoms with van der Waals surface area (Å²) in [6.45, 7) is 3.78. The topological polar surface area (TPSA) is 61.8 Å². The van der Waals surface area contributed by atoms with Gasteiger partial charge in [-0.3, -0.25) is 9.59 Å².